The van der Waals surface area contributed by atoms with Gasteiger partial charge in [-0.2, -0.15) is 0 Å². The third-order valence-corrected chi connectivity index (χ3v) is 9.37. The summed E-state index contributed by atoms with van der Waals surface area (Å²) in [6, 6.07) is 0. The molecule has 0 aliphatic carbocycles. The zero-order chi connectivity index (χ0) is 40.3. The Labute approximate surface area is 327 Å². The molecule has 0 bridgehead atoms. The van der Waals surface area contributed by atoms with Crippen LogP contribution in [0.3, 0.4) is 0 Å². The van der Waals surface area contributed by atoms with Gasteiger partial charge in [0.25, 0.3) is 0 Å². The lowest BCUT2D eigenvalue weighted by Gasteiger charge is -2.42. The Morgan fingerprint density at radius 3 is 1.75 bits per heavy atom. The van der Waals surface area contributed by atoms with E-state index in [0.29, 0.717) is 13.0 Å². The first-order valence-electron chi connectivity index (χ1n) is 20.2. The minimum Gasteiger partial charge on any atom is -0.457 e. The highest BCUT2D eigenvalue weighted by Crippen LogP contribution is 2.26. The number of carbonyl (C=O) groups is 1. The summed E-state index contributed by atoms with van der Waals surface area (Å²) in [6.45, 7) is 3.40. The highest BCUT2D eigenvalue weighted by Gasteiger charge is 2.47. The molecule has 0 aromatic rings. The van der Waals surface area contributed by atoms with E-state index in [0.717, 1.165) is 44.9 Å². The third-order valence-electron chi connectivity index (χ3n) is 9.37. The molecule has 0 aromatic carbocycles. The summed E-state index contributed by atoms with van der Waals surface area (Å²) in [6.07, 6.45) is 13.7. The minimum absolute atomic E-state index is 0.0316. The van der Waals surface area contributed by atoms with Gasteiger partial charge in [0.1, 0.15) is 54.9 Å². The van der Waals surface area contributed by atoms with Crippen molar-refractivity contribution in [2.45, 2.75) is 171 Å². The molecule has 11 atom stereocenters. The Balaban J connectivity index is 1.89. The van der Waals surface area contributed by atoms with E-state index in [1.54, 1.807) is 0 Å². The standard InChI is InChI=1S/C41H70O14/c1-3-5-7-9-11-13-14-15-16-17-18-20-22-24-33(43)53-30(27-50-25-23-21-19-12-10-8-6-4-2)28-51-40-39(49)37(47)35(45)32(55-40)29-52-41-38(48)36(46)34(44)31(26-42)54-41/h5,7,11,13,15-16,18,20,30-32,34-42,44-49H,3-4,6,8-10,12,14,17,19,21-29H2,1-2H3/b7-5-,13-11-,16-15-,20-18-. The Morgan fingerprint density at radius 2 is 1.15 bits per heavy atom. The lowest BCUT2D eigenvalue weighted by molar-refractivity contribution is -0.332. The second-order valence-electron chi connectivity index (χ2n) is 14.1. The van der Waals surface area contributed by atoms with Gasteiger partial charge in [-0.3, -0.25) is 4.79 Å². The fourth-order valence-corrected chi connectivity index (χ4v) is 6.00. The van der Waals surface area contributed by atoms with E-state index >= 15 is 0 Å². The monoisotopic (exact) mass is 786 g/mol. The van der Waals surface area contributed by atoms with Crippen LogP contribution in [0, 0.1) is 0 Å². The van der Waals surface area contributed by atoms with Crippen LogP contribution in [0.2, 0.25) is 0 Å². The molecule has 2 aliphatic rings. The summed E-state index contributed by atoms with van der Waals surface area (Å²) in [5, 5.41) is 71.6. The average molecular weight is 787 g/mol. The molecule has 2 fully saturated rings. The van der Waals surface area contributed by atoms with Crippen molar-refractivity contribution >= 4 is 5.97 Å². The van der Waals surface area contributed by atoms with Gasteiger partial charge in [0, 0.05) is 13.0 Å². The molecule has 2 heterocycles. The molecule has 55 heavy (non-hydrogen) atoms. The fraction of sp³-hybridized carbons (Fsp3) is 0.780. The van der Waals surface area contributed by atoms with Crippen LogP contribution in [0.5, 0.6) is 0 Å². The number of rotatable bonds is 29. The van der Waals surface area contributed by atoms with Crippen molar-refractivity contribution in [2.24, 2.45) is 0 Å². The second kappa shape index (κ2) is 30.1. The van der Waals surface area contributed by atoms with Gasteiger partial charge in [-0.25, -0.2) is 0 Å². The summed E-state index contributed by atoms with van der Waals surface area (Å²) in [5.74, 6) is -0.460. The average Bonchev–Trinajstić information content (AvgIpc) is 3.18. The Bertz CT molecular complexity index is 1100. The van der Waals surface area contributed by atoms with E-state index in [-0.39, 0.29) is 19.6 Å². The van der Waals surface area contributed by atoms with Crippen LogP contribution in [-0.4, -0.2) is 142 Å². The SMILES string of the molecule is CC/C=C\C/C=C\C/C=C\C/C=C\CCC(=O)OC(COCCCCCCCCCC)COC1OC(COC2OC(CO)C(O)C(O)C2O)C(O)C(O)C1O. The first kappa shape index (κ1) is 49.1. The maximum Gasteiger partial charge on any atom is 0.306 e. The number of aliphatic hydroxyl groups excluding tert-OH is 7. The number of hydrogen-bond donors (Lipinski definition) is 7. The van der Waals surface area contributed by atoms with Gasteiger partial charge in [-0.05, 0) is 38.5 Å². The molecule has 2 rings (SSSR count). The molecule has 7 N–H and O–H groups in total. The van der Waals surface area contributed by atoms with Crippen molar-refractivity contribution < 1.29 is 69.0 Å². The predicted octanol–water partition coefficient (Wildman–Crippen LogP) is 3.28. The van der Waals surface area contributed by atoms with Crippen molar-refractivity contribution in [1.29, 1.82) is 0 Å². The molecule has 318 valence electrons. The molecule has 2 saturated heterocycles. The van der Waals surface area contributed by atoms with E-state index in [1.807, 2.05) is 12.2 Å². The largest absolute Gasteiger partial charge is 0.457 e. The van der Waals surface area contributed by atoms with Gasteiger partial charge in [0.2, 0.25) is 0 Å². The molecular weight excluding hydrogens is 716 g/mol. The normalized spacial score (nSPS) is 29.6. The van der Waals surface area contributed by atoms with Gasteiger partial charge in [0.15, 0.2) is 12.6 Å². The van der Waals surface area contributed by atoms with Gasteiger partial charge in [-0.15, -0.1) is 0 Å². The maximum absolute atomic E-state index is 12.8. The summed E-state index contributed by atoms with van der Waals surface area (Å²) in [7, 11) is 0. The number of unbranched alkanes of at least 4 members (excludes halogenated alkanes) is 7. The first-order valence-corrected chi connectivity index (χ1v) is 20.2. The smallest absolute Gasteiger partial charge is 0.306 e. The number of allylic oxidation sites excluding steroid dienone is 8. The quantitative estimate of drug-likeness (QED) is 0.0330. The Kier molecular flexibility index (Phi) is 26.9. The van der Waals surface area contributed by atoms with E-state index in [9.17, 15) is 40.5 Å². The molecule has 14 heteroatoms. The topological polar surface area (TPSA) is 214 Å². The van der Waals surface area contributed by atoms with Gasteiger partial charge in [-0.1, -0.05) is 107 Å². The lowest BCUT2D eigenvalue weighted by Crippen LogP contribution is -2.61. The van der Waals surface area contributed by atoms with Crippen LogP contribution in [0.4, 0.5) is 0 Å². The van der Waals surface area contributed by atoms with Crippen molar-refractivity contribution in [3.05, 3.63) is 48.6 Å². The summed E-state index contributed by atoms with van der Waals surface area (Å²) in [4.78, 5) is 12.8. The lowest BCUT2D eigenvalue weighted by atomic mass is 9.98. The van der Waals surface area contributed by atoms with Crippen LogP contribution >= 0.6 is 0 Å². The van der Waals surface area contributed by atoms with E-state index in [1.165, 1.54) is 32.1 Å². The number of ether oxygens (including phenoxy) is 6. The Morgan fingerprint density at radius 1 is 0.618 bits per heavy atom. The number of carbonyl (C=O) groups excluding carboxylic acids is 1. The molecule has 14 nitrogen and oxygen atoms in total. The molecule has 0 amide bonds. The number of hydrogen-bond acceptors (Lipinski definition) is 14. The number of aliphatic hydroxyl groups is 7. The van der Waals surface area contributed by atoms with Gasteiger partial charge < -0.3 is 64.2 Å². The molecule has 11 unspecified atom stereocenters. The zero-order valence-electron chi connectivity index (χ0n) is 32.9. The summed E-state index contributed by atoms with van der Waals surface area (Å²) < 4.78 is 33.8. The molecule has 2 aliphatic heterocycles. The zero-order valence-corrected chi connectivity index (χ0v) is 32.9. The summed E-state index contributed by atoms with van der Waals surface area (Å²) in [5.41, 5.74) is 0. The van der Waals surface area contributed by atoms with Crippen molar-refractivity contribution in [3.63, 3.8) is 0 Å². The third kappa shape index (κ3) is 19.8. The van der Waals surface area contributed by atoms with E-state index in [4.69, 9.17) is 28.4 Å². The van der Waals surface area contributed by atoms with Crippen LogP contribution in [-0.2, 0) is 33.2 Å². The van der Waals surface area contributed by atoms with E-state index < -0.39 is 86.7 Å². The van der Waals surface area contributed by atoms with Crippen LogP contribution in [0.25, 0.3) is 0 Å². The van der Waals surface area contributed by atoms with Crippen molar-refractivity contribution in [2.75, 3.05) is 33.0 Å². The molecular formula is C41H70O14. The highest BCUT2D eigenvalue weighted by atomic mass is 16.7. The number of esters is 1. The Hall–Kier alpha value is -2.05. The minimum atomic E-state index is -1.72. The predicted molar refractivity (Wildman–Crippen MR) is 206 cm³/mol. The fourth-order valence-electron chi connectivity index (χ4n) is 6.00. The highest BCUT2D eigenvalue weighted by molar-refractivity contribution is 5.69. The van der Waals surface area contributed by atoms with Crippen molar-refractivity contribution in [3.8, 4) is 0 Å². The molecule has 0 saturated carbocycles. The first-order chi connectivity index (χ1) is 26.6. The van der Waals surface area contributed by atoms with Crippen LogP contribution < -0.4 is 0 Å². The van der Waals surface area contributed by atoms with Crippen LogP contribution in [0.15, 0.2) is 48.6 Å². The van der Waals surface area contributed by atoms with Crippen LogP contribution in [0.1, 0.15) is 104 Å². The molecule has 0 aromatic heterocycles. The molecule has 0 spiro atoms. The van der Waals surface area contributed by atoms with E-state index in [2.05, 4.69) is 50.3 Å². The molecule has 0 radical (unpaired) electrons. The van der Waals surface area contributed by atoms with Crippen molar-refractivity contribution in [1.82, 2.24) is 0 Å². The van der Waals surface area contributed by atoms with Gasteiger partial charge >= 0.3 is 5.97 Å². The van der Waals surface area contributed by atoms with Gasteiger partial charge in [0.05, 0.1) is 26.4 Å². The maximum atomic E-state index is 12.8. The second-order valence-corrected chi connectivity index (χ2v) is 14.1. The summed E-state index contributed by atoms with van der Waals surface area (Å²) >= 11 is 0.